The van der Waals surface area contributed by atoms with Crippen molar-refractivity contribution in [3.05, 3.63) is 27.7 Å². The second-order valence-corrected chi connectivity index (χ2v) is 8.77. The summed E-state index contributed by atoms with van der Waals surface area (Å²) in [6, 6.07) is 2.35. The highest BCUT2D eigenvalue weighted by Crippen LogP contribution is 2.44. The largest absolute Gasteiger partial charge is 0.349 e. The number of hydrogen-bond donors (Lipinski definition) is 1. The van der Waals surface area contributed by atoms with Crippen LogP contribution in [0.2, 0.25) is 10.0 Å². The van der Waals surface area contributed by atoms with Crippen LogP contribution in [0.15, 0.2) is 17.0 Å². The highest BCUT2D eigenvalue weighted by Gasteiger charge is 2.46. The molecule has 110 valence electrons. The van der Waals surface area contributed by atoms with Crippen LogP contribution in [-0.2, 0) is 9.05 Å². The molecule has 1 atom stereocenters. The second-order valence-electron chi connectivity index (χ2n) is 5.42. The summed E-state index contributed by atoms with van der Waals surface area (Å²) in [4.78, 5) is 11.8. The summed E-state index contributed by atoms with van der Waals surface area (Å²) in [5.74, 6) is -0.441. The van der Waals surface area contributed by atoms with E-state index in [0.717, 1.165) is 12.5 Å². The number of rotatable bonds is 3. The second kappa shape index (κ2) is 5.05. The first kappa shape index (κ1) is 15.9. The predicted molar refractivity (Wildman–Crippen MR) is 79.2 cm³/mol. The molecule has 0 saturated heterocycles. The van der Waals surface area contributed by atoms with Gasteiger partial charge in [-0.05, 0) is 24.0 Å². The van der Waals surface area contributed by atoms with Gasteiger partial charge in [-0.2, -0.15) is 0 Å². The molecule has 1 fully saturated rings. The van der Waals surface area contributed by atoms with E-state index in [9.17, 15) is 13.2 Å². The van der Waals surface area contributed by atoms with Gasteiger partial charge in [0.2, 0.25) is 0 Å². The Balaban J connectivity index is 2.34. The van der Waals surface area contributed by atoms with Gasteiger partial charge in [-0.25, -0.2) is 8.42 Å². The number of amides is 1. The molecule has 8 heteroatoms. The fourth-order valence-corrected chi connectivity index (χ4v) is 3.67. The monoisotopic (exact) mass is 355 g/mol. The van der Waals surface area contributed by atoms with Gasteiger partial charge in [-0.3, -0.25) is 4.79 Å². The minimum absolute atomic E-state index is 0.0398. The Hall–Kier alpha value is -0.490. The molecule has 0 radical (unpaired) electrons. The molecule has 1 saturated carbocycles. The van der Waals surface area contributed by atoms with Crippen molar-refractivity contribution in [1.82, 2.24) is 5.32 Å². The Morgan fingerprint density at radius 2 is 1.85 bits per heavy atom. The molecule has 1 aliphatic carbocycles. The van der Waals surface area contributed by atoms with E-state index in [-0.39, 0.29) is 32.0 Å². The average molecular weight is 357 g/mol. The molecule has 0 spiro atoms. The van der Waals surface area contributed by atoms with Crippen LogP contribution in [-0.4, -0.2) is 20.4 Å². The van der Waals surface area contributed by atoms with E-state index < -0.39 is 15.0 Å². The standard InChI is InChI=1S/C12H12Cl3NO3S/c1-12(2)5-10(12)16-11(17)6-3-9(20(15,18)19)8(14)4-7(6)13/h3-4,10H,5H2,1-2H3,(H,16,17). The Labute approximate surface area is 131 Å². The van der Waals surface area contributed by atoms with Crippen molar-refractivity contribution in [2.24, 2.45) is 5.41 Å². The first-order chi connectivity index (χ1) is 9.02. The quantitative estimate of drug-likeness (QED) is 0.844. The van der Waals surface area contributed by atoms with Crippen LogP contribution in [0, 0.1) is 5.41 Å². The summed E-state index contributed by atoms with van der Waals surface area (Å²) in [5, 5.41) is 2.76. The van der Waals surface area contributed by atoms with Crippen LogP contribution in [0.25, 0.3) is 0 Å². The zero-order chi connectivity index (χ0) is 15.3. The van der Waals surface area contributed by atoms with E-state index in [1.807, 2.05) is 13.8 Å². The maximum absolute atomic E-state index is 12.1. The predicted octanol–water partition coefficient (Wildman–Crippen LogP) is 3.45. The number of halogens is 3. The van der Waals surface area contributed by atoms with E-state index in [1.54, 1.807) is 0 Å². The normalized spacial score (nSPS) is 20.6. The topological polar surface area (TPSA) is 63.2 Å². The number of nitrogens with one attached hydrogen (secondary N) is 1. The molecule has 4 nitrogen and oxygen atoms in total. The lowest BCUT2D eigenvalue weighted by atomic mass is 10.1. The zero-order valence-corrected chi connectivity index (χ0v) is 13.8. The Morgan fingerprint density at radius 3 is 2.30 bits per heavy atom. The van der Waals surface area contributed by atoms with Crippen molar-refractivity contribution >= 4 is 48.8 Å². The molecule has 0 aliphatic heterocycles. The third kappa shape index (κ3) is 3.22. The highest BCUT2D eigenvalue weighted by molar-refractivity contribution is 8.13. The molecule has 0 heterocycles. The van der Waals surface area contributed by atoms with Crippen LogP contribution >= 0.6 is 33.9 Å². The Kier molecular flexibility index (Phi) is 4.02. The number of hydrogen-bond acceptors (Lipinski definition) is 3. The molecule has 1 N–H and O–H groups in total. The lowest BCUT2D eigenvalue weighted by Crippen LogP contribution is -2.28. The van der Waals surface area contributed by atoms with Crippen LogP contribution in [0.5, 0.6) is 0 Å². The molecule has 1 unspecified atom stereocenters. The average Bonchev–Trinajstić information content (AvgIpc) is 2.83. The van der Waals surface area contributed by atoms with E-state index in [1.165, 1.54) is 6.07 Å². The summed E-state index contributed by atoms with van der Waals surface area (Å²) >= 11 is 11.7. The smallest absolute Gasteiger partial charge is 0.262 e. The molecule has 20 heavy (non-hydrogen) atoms. The van der Waals surface area contributed by atoms with Gasteiger partial charge >= 0.3 is 0 Å². The van der Waals surface area contributed by atoms with Crippen molar-refractivity contribution in [3.8, 4) is 0 Å². The van der Waals surface area contributed by atoms with Crippen molar-refractivity contribution < 1.29 is 13.2 Å². The van der Waals surface area contributed by atoms with Gasteiger partial charge in [-0.15, -0.1) is 0 Å². The zero-order valence-electron chi connectivity index (χ0n) is 10.7. The van der Waals surface area contributed by atoms with Gasteiger partial charge in [-0.1, -0.05) is 37.0 Å². The first-order valence-electron chi connectivity index (χ1n) is 5.77. The summed E-state index contributed by atoms with van der Waals surface area (Å²) in [6.45, 7) is 4.05. The number of carbonyl (C=O) groups is 1. The summed E-state index contributed by atoms with van der Waals surface area (Å²) in [5.41, 5.74) is 0.0913. The third-order valence-corrected chi connectivity index (χ3v) is 5.45. The Morgan fingerprint density at radius 1 is 1.30 bits per heavy atom. The first-order valence-corrected chi connectivity index (χ1v) is 8.83. The van der Waals surface area contributed by atoms with Gasteiger partial charge in [0, 0.05) is 16.7 Å². The van der Waals surface area contributed by atoms with Gasteiger partial charge in [0.1, 0.15) is 4.90 Å². The fourth-order valence-electron chi connectivity index (χ4n) is 1.84. The van der Waals surface area contributed by atoms with Crippen LogP contribution in [0.3, 0.4) is 0 Å². The van der Waals surface area contributed by atoms with Gasteiger partial charge in [0.05, 0.1) is 15.6 Å². The Bertz CT molecular complexity index is 685. The number of benzene rings is 1. The van der Waals surface area contributed by atoms with Crippen LogP contribution < -0.4 is 5.32 Å². The van der Waals surface area contributed by atoms with Gasteiger partial charge in [0.25, 0.3) is 15.0 Å². The van der Waals surface area contributed by atoms with E-state index in [4.69, 9.17) is 33.9 Å². The van der Waals surface area contributed by atoms with Crippen molar-refractivity contribution in [2.75, 3.05) is 0 Å². The van der Waals surface area contributed by atoms with Gasteiger partial charge < -0.3 is 5.32 Å². The molecule has 1 aliphatic rings. The summed E-state index contributed by atoms with van der Waals surface area (Å²) in [7, 11) is 1.23. The van der Waals surface area contributed by atoms with E-state index in [0.29, 0.717) is 0 Å². The van der Waals surface area contributed by atoms with E-state index >= 15 is 0 Å². The van der Waals surface area contributed by atoms with Crippen molar-refractivity contribution in [1.29, 1.82) is 0 Å². The lowest BCUT2D eigenvalue weighted by molar-refractivity contribution is 0.0946. The lowest BCUT2D eigenvalue weighted by Gasteiger charge is -2.10. The van der Waals surface area contributed by atoms with E-state index in [2.05, 4.69) is 5.32 Å². The van der Waals surface area contributed by atoms with Crippen LogP contribution in [0.1, 0.15) is 30.6 Å². The molecule has 0 aromatic heterocycles. The summed E-state index contributed by atoms with van der Waals surface area (Å²) in [6.07, 6.45) is 0.866. The highest BCUT2D eigenvalue weighted by atomic mass is 35.7. The fraction of sp³-hybridized carbons (Fsp3) is 0.417. The third-order valence-electron chi connectivity index (χ3n) is 3.35. The molecule has 1 aromatic carbocycles. The maximum atomic E-state index is 12.1. The SMILES string of the molecule is CC1(C)CC1NC(=O)c1cc(S(=O)(=O)Cl)c(Cl)cc1Cl. The van der Waals surface area contributed by atoms with Gasteiger partial charge in [0.15, 0.2) is 0 Å². The maximum Gasteiger partial charge on any atom is 0.262 e. The van der Waals surface area contributed by atoms with Crippen molar-refractivity contribution in [2.45, 2.75) is 31.2 Å². The molecule has 0 bridgehead atoms. The number of carbonyl (C=O) groups excluding carboxylic acids is 1. The molecule has 1 amide bonds. The minimum atomic E-state index is -4.04. The molecular formula is C12H12Cl3NO3S. The molecular weight excluding hydrogens is 345 g/mol. The van der Waals surface area contributed by atoms with Crippen molar-refractivity contribution in [3.63, 3.8) is 0 Å². The molecule has 1 aromatic rings. The van der Waals surface area contributed by atoms with Crippen LogP contribution in [0.4, 0.5) is 0 Å². The minimum Gasteiger partial charge on any atom is -0.349 e. The summed E-state index contributed by atoms with van der Waals surface area (Å²) < 4.78 is 22.8. The molecule has 2 rings (SSSR count).